The lowest BCUT2D eigenvalue weighted by atomic mass is 9.86. The smallest absolute Gasteiger partial charge is 0.0692 e. The number of aliphatic hydroxyl groups is 1. The van der Waals surface area contributed by atoms with E-state index in [0.717, 1.165) is 24.8 Å². The molecule has 1 heterocycles. The quantitative estimate of drug-likeness (QED) is 0.780. The maximum atomic E-state index is 10.0. The van der Waals surface area contributed by atoms with E-state index < -0.39 is 0 Å². The molecule has 0 amide bonds. The van der Waals surface area contributed by atoms with Gasteiger partial charge in [-0.1, -0.05) is 34.1 Å². The van der Waals surface area contributed by atoms with E-state index in [-0.39, 0.29) is 6.10 Å². The number of hydrogen-bond acceptors (Lipinski definition) is 2. The zero-order chi connectivity index (χ0) is 12.1. The number of aliphatic hydroxyl groups excluding tert-OH is 1. The molecule has 16 heavy (non-hydrogen) atoms. The first-order chi connectivity index (χ1) is 7.54. The van der Waals surface area contributed by atoms with Crippen molar-refractivity contribution in [1.29, 1.82) is 0 Å². The van der Waals surface area contributed by atoms with Gasteiger partial charge >= 0.3 is 0 Å². The largest absolute Gasteiger partial charge is 0.392 e. The fourth-order valence-corrected chi connectivity index (χ4v) is 2.52. The van der Waals surface area contributed by atoms with E-state index in [0.29, 0.717) is 5.92 Å². The van der Waals surface area contributed by atoms with Crippen LogP contribution in [-0.4, -0.2) is 35.7 Å². The Morgan fingerprint density at radius 2 is 1.75 bits per heavy atom. The van der Waals surface area contributed by atoms with E-state index >= 15 is 0 Å². The first-order valence-corrected chi connectivity index (χ1v) is 6.95. The minimum atomic E-state index is -0.138. The van der Waals surface area contributed by atoms with Gasteiger partial charge in [-0.3, -0.25) is 0 Å². The third kappa shape index (κ3) is 4.06. The summed E-state index contributed by atoms with van der Waals surface area (Å²) in [4.78, 5) is 2.44. The SMILES string of the molecule is CCC(C)C(O)CN1CCC(C(C)C)CC1. The zero-order valence-corrected chi connectivity index (χ0v) is 11.4. The fraction of sp³-hybridized carbons (Fsp3) is 1.00. The molecule has 2 nitrogen and oxygen atoms in total. The van der Waals surface area contributed by atoms with Crippen molar-refractivity contribution in [2.45, 2.75) is 53.1 Å². The molecule has 96 valence electrons. The van der Waals surface area contributed by atoms with Crippen LogP contribution in [-0.2, 0) is 0 Å². The predicted octanol–water partition coefficient (Wildman–Crippen LogP) is 2.76. The Bertz CT molecular complexity index is 185. The van der Waals surface area contributed by atoms with Crippen molar-refractivity contribution in [1.82, 2.24) is 4.90 Å². The van der Waals surface area contributed by atoms with Crippen molar-refractivity contribution in [2.75, 3.05) is 19.6 Å². The Morgan fingerprint density at radius 1 is 1.19 bits per heavy atom. The van der Waals surface area contributed by atoms with Gasteiger partial charge in [0, 0.05) is 6.54 Å². The summed E-state index contributed by atoms with van der Waals surface area (Å²) in [6.45, 7) is 12.2. The van der Waals surface area contributed by atoms with Crippen LogP contribution in [0.2, 0.25) is 0 Å². The van der Waals surface area contributed by atoms with Crippen LogP contribution in [0.15, 0.2) is 0 Å². The molecule has 0 radical (unpaired) electrons. The molecular formula is C14H29NO. The molecule has 0 aromatic carbocycles. The molecule has 1 aliphatic heterocycles. The summed E-state index contributed by atoms with van der Waals surface area (Å²) in [6.07, 6.45) is 3.56. The minimum absolute atomic E-state index is 0.138. The third-order valence-electron chi connectivity index (χ3n) is 4.32. The summed E-state index contributed by atoms with van der Waals surface area (Å²) in [7, 11) is 0. The first-order valence-electron chi connectivity index (χ1n) is 6.95. The van der Waals surface area contributed by atoms with Gasteiger partial charge in [-0.15, -0.1) is 0 Å². The van der Waals surface area contributed by atoms with Crippen LogP contribution < -0.4 is 0 Å². The number of rotatable bonds is 5. The first kappa shape index (κ1) is 14.0. The summed E-state index contributed by atoms with van der Waals surface area (Å²) in [5, 5.41) is 10.0. The molecule has 0 spiro atoms. The van der Waals surface area contributed by atoms with Crippen LogP contribution in [0.1, 0.15) is 47.0 Å². The molecule has 1 aliphatic rings. The molecule has 0 aromatic heterocycles. The standard InChI is InChI=1S/C14H29NO/c1-5-12(4)14(16)10-15-8-6-13(7-9-15)11(2)3/h11-14,16H,5-10H2,1-4H3. The van der Waals surface area contributed by atoms with Crippen molar-refractivity contribution in [3.63, 3.8) is 0 Å². The number of likely N-dealkylation sites (tertiary alicyclic amines) is 1. The van der Waals surface area contributed by atoms with Gasteiger partial charge in [-0.25, -0.2) is 0 Å². The van der Waals surface area contributed by atoms with Crippen molar-refractivity contribution in [2.24, 2.45) is 17.8 Å². The van der Waals surface area contributed by atoms with E-state index in [9.17, 15) is 5.11 Å². The van der Waals surface area contributed by atoms with Crippen molar-refractivity contribution in [3.8, 4) is 0 Å². The molecule has 2 atom stereocenters. The second-order valence-electron chi connectivity index (χ2n) is 5.83. The summed E-state index contributed by atoms with van der Waals surface area (Å²) >= 11 is 0. The second-order valence-corrected chi connectivity index (χ2v) is 5.83. The summed E-state index contributed by atoms with van der Waals surface area (Å²) in [5.74, 6) is 2.15. The second kappa shape index (κ2) is 6.61. The van der Waals surface area contributed by atoms with Gasteiger partial charge in [0.25, 0.3) is 0 Å². The number of hydrogen-bond donors (Lipinski definition) is 1. The number of piperidine rings is 1. The Morgan fingerprint density at radius 3 is 2.19 bits per heavy atom. The van der Waals surface area contributed by atoms with Gasteiger partial charge in [0.05, 0.1) is 6.10 Å². The van der Waals surface area contributed by atoms with Crippen molar-refractivity contribution >= 4 is 0 Å². The van der Waals surface area contributed by atoms with Crippen LogP contribution in [0.5, 0.6) is 0 Å². The Balaban J connectivity index is 2.26. The van der Waals surface area contributed by atoms with Crippen LogP contribution >= 0.6 is 0 Å². The molecule has 0 bridgehead atoms. The molecule has 0 aliphatic carbocycles. The van der Waals surface area contributed by atoms with Crippen LogP contribution in [0.4, 0.5) is 0 Å². The lowest BCUT2D eigenvalue weighted by Gasteiger charge is -2.35. The van der Waals surface area contributed by atoms with Gasteiger partial charge in [0.2, 0.25) is 0 Å². The van der Waals surface area contributed by atoms with Gasteiger partial charge < -0.3 is 10.0 Å². The number of nitrogens with zero attached hydrogens (tertiary/aromatic N) is 1. The van der Waals surface area contributed by atoms with Crippen molar-refractivity contribution in [3.05, 3.63) is 0 Å². The minimum Gasteiger partial charge on any atom is -0.392 e. The molecular weight excluding hydrogens is 198 g/mol. The van der Waals surface area contributed by atoms with Gasteiger partial charge in [-0.05, 0) is 43.7 Å². The highest BCUT2D eigenvalue weighted by molar-refractivity contribution is 4.77. The molecule has 1 fully saturated rings. The molecule has 2 unspecified atom stereocenters. The summed E-state index contributed by atoms with van der Waals surface area (Å²) < 4.78 is 0. The van der Waals surface area contributed by atoms with Crippen LogP contribution in [0, 0.1) is 17.8 Å². The molecule has 1 saturated heterocycles. The van der Waals surface area contributed by atoms with Crippen molar-refractivity contribution < 1.29 is 5.11 Å². The Hall–Kier alpha value is -0.0800. The molecule has 2 heteroatoms. The van der Waals surface area contributed by atoms with Gasteiger partial charge in [0.15, 0.2) is 0 Å². The summed E-state index contributed by atoms with van der Waals surface area (Å²) in [6, 6.07) is 0. The molecule has 1 N–H and O–H groups in total. The Labute approximate surface area is 101 Å². The highest BCUT2D eigenvalue weighted by Gasteiger charge is 2.23. The normalized spacial score (nSPS) is 23.6. The van der Waals surface area contributed by atoms with E-state index in [1.54, 1.807) is 0 Å². The zero-order valence-electron chi connectivity index (χ0n) is 11.4. The number of β-amino-alcohol motifs (C(OH)–C–C–N with tert-alkyl or cyclic N) is 1. The lowest BCUT2D eigenvalue weighted by molar-refractivity contribution is 0.0497. The van der Waals surface area contributed by atoms with E-state index in [2.05, 4.69) is 32.6 Å². The average Bonchev–Trinajstić information content (AvgIpc) is 2.28. The Kier molecular flexibility index (Phi) is 5.77. The van der Waals surface area contributed by atoms with Crippen LogP contribution in [0.25, 0.3) is 0 Å². The molecule has 0 aromatic rings. The maximum absolute atomic E-state index is 10.0. The maximum Gasteiger partial charge on any atom is 0.0692 e. The fourth-order valence-electron chi connectivity index (χ4n) is 2.52. The highest BCUT2D eigenvalue weighted by atomic mass is 16.3. The van der Waals surface area contributed by atoms with E-state index in [1.165, 1.54) is 25.9 Å². The van der Waals surface area contributed by atoms with E-state index in [4.69, 9.17) is 0 Å². The van der Waals surface area contributed by atoms with E-state index in [1.807, 2.05) is 0 Å². The lowest BCUT2D eigenvalue weighted by Crippen LogP contribution is -2.41. The average molecular weight is 227 g/mol. The predicted molar refractivity (Wildman–Crippen MR) is 69.5 cm³/mol. The summed E-state index contributed by atoms with van der Waals surface area (Å²) in [5.41, 5.74) is 0. The van der Waals surface area contributed by atoms with Gasteiger partial charge in [-0.2, -0.15) is 0 Å². The molecule has 1 rings (SSSR count). The van der Waals surface area contributed by atoms with Crippen LogP contribution in [0.3, 0.4) is 0 Å². The monoisotopic (exact) mass is 227 g/mol. The third-order valence-corrected chi connectivity index (χ3v) is 4.32. The van der Waals surface area contributed by atoms with Gasteiger partial charge in [0.1, 0.15) is 0 Å². The topological polar surface area (TPSA) is 23.5 Å². The molecule has 0 saturated carbocycles. The highest BCUT2D eigenvalue weighted by Crippen LogP contribution is 2.24.